The Morgan fingerprint density at radius 2 is 2.00 bits per heavy atom. The second-order valence-electron chi connectivity index (χ2n) is 3.86. The summed E-state index contributed by atoms with van der Waals surface area (Å²) in [5, 5.41) is 2.94. The van der Waals surface area contributed by atoms with Crippen LogP contribution in [0.25, 0.3) is 0 Å². The molecule has 1 saturated heterocycles. The van der Waals surface area contributed by atoms with Gasteiger partial charge >= 0.3 is 5.97 Å². The molecule has 0 aliphatic carbocycles. The molecule has 1 unspecified atom stereocenters. The predicted octanol–water partition coefficient (Wildman–Crippen LogP) is -0.326. The molecule has 0 saturated carbocycles. The number of rotatable bonds is 5. The number of carbonyl (C=O) groups excluding carboxylic acids is 4. The highest BCUT2D eigenvalue weighted by molar-refractivity contribution is 6.01. The summed E-state index contributed by atoms with van der Waals surface area (Å²) >= 11 is 0. The third-order valence-corrected chi connectivity index (χ3v) is 2.25. The van der Waals surface area contributed by atoms with E-state index in [-0.39, 0.29) is 19.3 Å². The minimum Gasteiger partial charge on any atom is -0.350 e. The van der Waals surface area contributed by atoms with Gasteiger partial charge < -0.3 is 10.2 Å². The van der Waals surface area contributed by atoms with Crippen LogP contribution in [-0.4, -0.2) is 34.8 Å². The van der Waals surface area contributed by atoms with Crippen molar-refractivity contribution in [1.29, 1.82) is 0 Å². The van der Waals surface area contributed by atoms with E-state index in [1.165, 1.54) is 0 Å². The minimum absolute atomic E-state index is 0.0505. The van der Waals surface area contributed by atoms with Gasteiger partial charge in [0.1, 0.15) is 0 Å². The Kier molecular flexibility index (Phi) is 4.59. The molecular weight excluding hydrogens is 240 g/mol. The summed E-state index contributed by atoms with van der Waals surface area (Å²) in [7, 11) is 0. The monoisotopic (exact) mass is 254 g/mol. The van der Waals surface area contributed by atoms with Gasteiger partial charge in [-0.05, 0) is 13.0 Å². The molecule has 18 heavy (non-hydrogen) atoms. The highest BCUT2D eigenvalue weighted by Crippen LogP contribution is 2.12. The molecule has 98 valence electrons. The number of hydrogen-bond acceptors (Lipinski definition) is 5. The van der Waals surface area contributed by atoms with Gasteiger partial charge in [-0.25, -0.2) is 4.79 Å². The molecular formula is C11H14N2O5. The zero-order valence-electron chi connectivity index (χ0n) is 9.97. The lowest BCUT2D eigenvalue weighted by atomic mass is 10.2. The van der Waals surface area contributed by atoms with Crippen LogP contribution in [0.2, 0.25) is 0 Å². The number of imide groups is 1. The highest BCUT2D eigenvalue weighted by Gasteiger charge is 2.33. The summed E-state index contributed by atoms with van der Waals surface area (Å²) in [5.74, 6) is -2.23. The molecule has 1 aliphatic heterocycles. The van der Waals surface area contributed by atoms with Crippen LogP contribution in [0, 0.1) is 0 Å². The lowest BCUT2D eigenvalue weighted by molar-refractivity contribution is -0.197. The van der Waals surface area contributed by atoms with Gasteiger partial charge in [-0.2, -0.15) is 0 Å². The Morgan fingerprint density at radius 1 is 1.44 bits per heavy atom. The van der Waals surface area contributed by atoms with Gasteiger partial charge in [0.05, 0.1) is 6.42 Å². The van der Waals surface area contributed by atoms with Crippen LogP contribution >= 0.6 is 0 Å². The summed E-state index contributed by atoms with van der Waals surface area (Å²) in [6.07, 6.45) is 1.04. The molecule has 0 bridgehead atoms. The average Bonchev–Trinajstić information content (AvgIpc) is 2.60. The van der Waals surface area contributed by atoms with E-state index >= 15 is 0 Å². The molecule has 1 fully saturated rings. The predicted molar refractivity (Wildman–Crippen MR) is 59.6 cm³/mol. The molecule has 1 heterocycles. The maximum atomic E-state index is 11.4. The van der Waals surface area contributed by atoms with E-state index in [0.29, 0.717) is 5.06 Å². The van der Waals surface area contributed by atoms with Crippen LogP contribution in [0.1, 0.15) is 26.2 Å². The zero-order chi connectivity index (χ0) is 13.7. The summed E-state index contributed by atoms with van der Waals surface area (Å²) in [6.45, 7) is 4.86. The van der Waals surface area contributed by atoms with Crippen molar-refractivity contribution in [2.45, 2.75) is 32.2 Å². The Bertz CT molecular complexity index is 388. The molecule has 1 atom stereocenters. The fraction of sp³-hybridized carbons (Fsp3) is 0.455. The topological polar surface area (TPSA) is 92.8 Å². The van der Waals surface area contributed by atoms with Gasteiger partial charge in [0.25, 0.3) is 11.8 Å². The van der Waals surface area contributed by atoms with Crippen molar-refractivity contribution < 1.29 is 24.0 Å². The van der Waals surface area contributed by atoms with Crippen LogP contribution in [0.15, 0.2) is 12.7 Å². The van der Waals surface area contributed by atoms with Crippen LogP contribution in [0.4, 0.5) is 0 Å². The summed E-state index contributed by atoms with van der Waals surface area (Å²) < 4.78 is 0. The molecule has 7 heteroatoms. The Balaban J connectivity index is 2.41. The first kappa shape index (κ1) is 13.9. The third-order valence-electron chi connectivity index (χ3n) is 2.25. The van der Waals surface area contributed by atoms with Crippen molar-refractivity contribution in [2.75, 3.05) is 0 Å². The van der Waals surface area contributed by atoms with Gasteiger partial charge in [-0.3, -0.25) is 14.4 Å². The number of amides is 3. The van der Waals surface area contributed by atoms with Crippen molar-refractivity contribution in [3.05, 3.63) is 12.7 Å². The molecule has 0 aromatic heterocycles. The fourth-order valence-corrected chi connectivity index (χ4v) is 1.40. The normalized spacial score (nSPS) is 16.4. The Hall–Kier alpha value is -2.18. The summed E-state index contributed by atoms with van der Waals surface area (Å²) in [4.78, 5) is 49.4. The van der Waals surface area contributed by atoms with E-state index in [2.05, 4.69) is 16.7 Å². The van der Waals surface area contributed by atoms with Crippen molar-refractivity contribution >= 4 is 23.7 Å². The second kappa shape index (κ2) is 5.95. The molecule has 1 aliphatic rings. The van der Waals surface area contributed by atoms with Gasteiger partial charge in [0, 0.05) is 18.9 Å². The van der Waals surface area contributed by atoms with Crippen LogP contribution in [0.3, 0.4) is 0 Å². The summed E-state index contributed by atoms with van der Waals surface area (Å²) in [5.41, 5.74) is 0. The summed E-state index contributed by atoms with van der Waals surface area (Å²) in [6, 6.07) is -0.476. The first-order chi connectivity index (χ1) is 8.43. The molecule has 3 amide bonds. The molecule has 0 aromatic rings. The highest BCUT2D eigenvalue weighted by atomic mass is 16.7. The van der Waals surface area contributed by atoms with Crippen LogP contribution in [-0.2, 0) is 24.0 Å². The van der Waals surface area contributed by atoms with E-state index in [4.69, 9.17) is 0 Å². The van der Waals surface area contributed by atoms with Crippen LogP contribution in [0.5, 0.6) is 0 Å². The van der Waals surface area contributed by atoms with Gasteiger partial charge in [-0.15, -0.1) is 5.06 Å². The molecule has 7 nitrogen and oxygen atoms in total. The van der Waals surface area contributed by atoms with Crippen molar-refractivity contribution in [1.82, 2.24) is 10.4 Å². The van der Waals surface area contributed by atoms with Crippen molar-refractivity contribution in [3.8, 4) is 0 Å². The van der Waals surface area contributed by atoms with E-state index in [1.54, 1.807) is 6.92 Å². The van der Waals surface area contributed by atoms with Crippen molar-refractivity contribution in [3.63, 3.8) is 0 Å². The first-order valence-corrected chi connectivity index (χ1v) is 5.43. The Morgan fingerprint density at radius 3 is 2.50 bits per heavy atom. The maximum absolute atomic E-state index is 11.4. The van der Waals surface area contributed by atoms with Gasteiger partial charge in [-0.1, -0.05) is 6.58 Å². The minimum atomic E-state index is -0.754. The average molecular weight is 254 g/mol. The standard InChI is InChI=1S/C11H14N2O5/c1-3-8(14)12-7(2)6-11(17)18-13-9(15)4-5-10(13)16/h3,7H,1,4-6H2,2H3,(H,12,14). The van der Waals surface area contributed by atoms with E-state index in [9.17, 15) is 19.2 Å². The number of hydroxylamine groups is 2. The van der Waals surface area contributed by atoms with Crippen LogP contribution < -0.4 is 5.32 Å². The van der Waals surface area contributed by atoms with Gasteiger partial charge in [0.2, 0.25) is 5.91 Å². The molecule has 0 aromatic carbocycles. The number of nitrogens with one attached hydrogen (secondary N) is 1. The number of nitrogens with zero attached hydrogens (tertiary/aromatic N) is 1. The third kappa shape index (κ3) is 3.69. The largest absolute Gasteiger partial charge is 0.350 e. The first-order valence-electron chi connectivity index (χ1n) is 5.43. The van der Waals surface area contributed by atoms with E-state index in [0.717, 1.165) is 6.08 Å². The quantitative estimate of drug-likeness (QED) is 0.536. The molecule has 1 rings (SSSR count). The second-order valence-corrected chi connectivity index (χ2v) is 3.86. The number of carbonyl (C=O) groups is 4. The maximum Gasteiger partial charge on any atom is 0.335 e. The van der Waals surface area contributed by atoms with Crippen molar-refractivity contribution in [2.24, 2.45) is 0 Å². The Labute approximate surface area is 104 Å². The SMILES string of the molecule is C=CC(=O)NC(C)CC(=O)ON1C(=O)CCC1=O. The fourth-order valence-electron chi connectivity index (χ4n) is 1.40. The smallest absolute Gasteiger partial charge is 0.335 e. The lowest BCUT2D eigenvalue weighted by Gasteiger charge is -2.15. The molecule has 0 spiro atoms. The number of hydrogen-bond donors (Lipinski definition) is 1. The van der Waals surface area contributed by atoms with E-state index < -0.39 is 29.7 Å². The van der Waals surface area contributed by atoms with Gasteiger partial charge in [0.15, 0.2) is 0 Å². The molecule has 0 radical (unpaired) electrons. The lowest BCUT2D eigenvalue weighted by Crippen LogP contribution is -2.37. The van der Waals surface area contributed by atoms with E-state index in [1.807, 2.05) is 0 Å². The molecule has 1 N–H and O–H groups in total. The zero-order valence-corrected chi connectivity index (χ0v) is 9.97.